The third kappa shape index (κ3) is 9.03. The van der Waals surface area contributed by atoms with Crippen LogP contribution >= 0.6 is 0 Å². The van der Waals surface area contributed by atoms with E-state index in [9.17, 15) is 27.1 Å². The number of benzene rings is 1. The zero-order valence-corrected chi connectivity index (χ0v) is 26.1. The van der Waals surface area contributed by atoms with Gasteiger partial charge >= 0.3 is 0 Å². The molecule has 2 aliphatic carbocycles. The number of carbonyl (C=O) groups excluding carboxylic acids is 1. The highest BCUT2D eigenvalue weighted by molar-refractivity contribution is 7.92. The number of pyridine rings is 1. The van der Waals surface area contributed by atoms with Gasteiger partial charge in [0.25, 0.3) is 5.91 Å². The van der Waals surface area contributed by atoms with Gasteiger partial charge in [-0.2, -0.15) is 0 Å². The summed E-state index contributed by atoms with van der Waals surface area (Å²) in [6.45, 7) is 2.43. The van der Waals surface area contributed by atoms with Gasteiger partial charge in [-0.05, 0) is 43.2 Å². The molecule has 2 saturated carbocycles. The molecule has 44 heavy (non-hydrogen) atoms. The van der Waals surface area contributed by atoms with Crippen molar-refractivity contribution in [2.45, 2.75) is 63.1 Å². The lowest BCUT2D eigenvalue weighted by molar-refractivity contribution is 0.0701. The van der Waals surface area contributed by atoms with E-state index in [1.54, 1.807) is 0 Å². The number of amides is 1. The van der Waals surface area contributed by atoms with E-state index in [0.717, 1.165) is 61.2 Å². The van der Waals surface area contributed by atoms with Crippen molar-refractivity contribution >= 4 is 27.6 Å². The fraction of sp³-hybridized carbons (Fsp3) is 0.548. The summed E-state index contributed by atoms with van der Waals surface area (Å²) in [5, 5.41) is 20.4. The van der Waals surface area contributed by atoms with E-state index in [-0.39, 0.29) is 30.3 Å². The summed E-state index contributed by atoms with van der Waals surface area (Å²) in [5.74, 6) is 1.77. The molecule has 4 rings (SSSR count). The lowest BCUT2D eigenvalue weighted by Gasteiger charge is -2.35. The smallest absolute Gasteiger partial charge is 0.251 e. The summed E-state index contributed by atoms with van der Waals surface area (Å²) in [7, 11) is -2.35. The number of halogens is 2. The van der Waals surface area contributed by atoms with Crippen LogP contribution in [0.4, 0.5) is 20.4 Å². The summed E-state index contributed by atoms with van der Waals surface area (Å²) in [5.41, 5.74) is -0.498. The first-order chi connectivity index (χ1) is 20.8. The number of β-amino-alcohol motifs (C(OH)–C–C–N with tert-alkyl or cyclic N) is 1. The number of hydrogen-bond donors (Lipinski definition) is 4. The van der Waals surface area contributed by atoms with Gasteiger partial charge in [-0.25, -0.2) is 22.2 Å². The van der Waals surface area contributed by atoms with E-state index < -0.39 is 45.2 Å². The van der Waals surface area contributed by atoms with Gasteiger partial charge < -0.3 is 20.5 Å². The minimum atomic E-state index is -3.69. The Bertz CT molecular complexity index is 1460. The number of nitrogens with zero attached hydrogens (tertiary/aromatic N) is 2. The van der Waals surface area contributed by atoms with Crippen LogP contribution in [0.1, 0.15) is 55.8 Å². The van der Waals surface area contributed by atoms with Crippen molar-refractivity contribution in [2.24, 2.45) is 11.8 Å². The van der Waals surface area contributed by atoms with E-state index in [2.05, 4.69) is 33.8 Å². The number of terminal acetylenes is 1. The summed E-state index contributed by atoms with van der Waals surface area (Å²) >= 11 is 0. The minimum absolute atomic E-state index is 0.0147. The molecule has 1 aromatic carbocycles. The summed E-state index contributed by atoms with van der Waals surface area (Å²) in [6.07, 6.45) is 11.2. The van der Waals surface area contributed by atoms with Crippen LogP contribution in [0.3, 0.4) is 0 Å². The second-order valence-corrected chi connectivity index (χ2v) is 13.9. The molecule has 4 atom stereocenters. The molecule has 2 aromatic rings. The Hall–Kier alpha value is -3.47. The maximum atomic E-state index is 13.8. The molecule has 240 valence electrons. The molecule has 4 N–H and O–H groups in total. The first-order valence-electron chi connectivity index (χ1n) is 14.8. The molecular weight excluding hydrogens is 592 g/mol. The standard InChI is InChI=1S/C31H41F2N5O5S/c1-5-31(9-7-6-8-10-31)35-18-27(39)26(19-43-25-15-23(32)14-24(33)16-25)36-30(40)21-12-28(34-17-22-11-20(22)2)37-29(13-21)38(3)44(4,41)42/h1,12-16,20,22,26-27,35,39H,6-11,17-19H2,2-4H3,(H,34,37)(H,36,40)/t20-,22+,26-,27+/m0/s1. The first-order valence-corrected chi connectivity index (χ1v) is 16.6. The molecule has 0 unspecified atom stereocenters. The highest BCUT2D eigenvalue weighted by atomic mass is 32.2. The van der Waals surface area contributed by atoms with Crippen LogP contribution in [0.25, 0.3) is 0 Å². The number of aromatic nitrogens is 1. The Morgan fingerprint density at radius 3 is 2.45 bits per heavy atom. The quantitative estimate of drug-likeness (QED) is 0.233. The Balaban J connectivity index is 1.56. The van der Waals surface area contributed by atoms with Crippen molar-refractivity contribution in [3.63, 3.8) is 0 Å². The minimum Gasteiger partial charge on any atom is -0.491 e. The number of rotatable bonds is 14. The number of sulfonamides is 1. The van der Waals surface area contributed by atoms with Crippen molar-refractivity contribution in [3.8, 4) is 18.1 Å². The third-order valence-electron chi connectivity index (χ3n) is 8.40. The van der Waals surface area contributed by atoms with E-state index in [0.29, 0.717) is 30.3 Å². The average molecular weight is 634 g/mol. The molecule has 0 spiro atoms. The van der Waals surface area contributed by atoms with Crippen molar-refractivity contribution in [1.29, 1.82) is 0 Å². The zero-order valence-electron chi connectivity index (χ0n) is 25.3. The Morgan fingerprint density at radius 1 is 1.20 bits per heavy atom. The van der Waals surface area contributed by atoms with Crippen LogP contribution in [-0.2, 0) is 10.0 Å². The van der Waals surface area contributed by atoms with Gasteiger partial charge in [0.2, 0.25) is 10.0 Å². The number of ether oxygens (including phenoxy) is 1. The number of nitrogens with one attached hydrogen (secondary N) is 3. The van der Waals surface area contributed by atoms with Gasteiger partial charge in [0.05, 0.1) is 23.9 Å². The van der Waals surface area contributed by atoms with Crippen LogP contribution in [0.5, 0.6) is 5.75 Å². The van der Waals surface area contributed by atoms with Gasteiger partial charge in [0.15, 0.2) is 0 Å². The van der Waals surface area contributed by atoms with Crippen LogP contribution in [0, 0.1) is 35.8 Å². The van der Waals surface area contributed by atoms with Gasteiger partial charge in [-0.1, -0.05) is 32.1 Å². The molecule has 1 amide bonds. The van der Waals surface area contributed by atoms with Crippen molar-refractivity contribution < 1.29 is 31.8 Å². The molecule has 0 radical (unpaired) electrons. The molecular formula is C31H41F2N5O5S. The Labute approximate surface area is 258 Å². The van der Waals surface area contributed by atoms with Crippen molar-refractivity contribution in [1.82, 2.24) is 15.6 Å². The molecule has 1 aromatic heterocycles. The summed E-state index contributed by atoms with van der Waals surface area (Å²) in [4.78, 5) is 18.0. The maximum absolute atomic E-state index is 13.8. The lowest BCUT2D eigenvalue weighted by atomic mass is 9.82. The Morgan fingerprint density at radius 2 is 1.86 bits per heavy atom. The highest BCUT2D eigenvalue weighted by Crippen LogP contribution is 2.37. The number of hydrogen-bond acceptors (Lipinski definition) is 8. The normalized spacial score (nSPS) is 20.6. The number of anilines is 2. The summed E-state index contributed by atoms with van der Waals surface area (Å²) < 4.78 is 58.7. The van der Waals surface area contributed by atoms with Gasteiger partial charge in [0, 0.05) is 43.9 Å². The van der Waals surface area contributed by atoms with E-state index in [1.807, 2.05) is 0 Å². The van der Waals surface area contributed by atoms with E-state index in [1.165, 1.54) is 19.2 Å². The molecule has 0 bridgehead atoms. The predicted octanol–water partition coefficient (Wildman–Crippen LogP) is 3.29. The average Bonchev–Trinajstić information content (AvgIpc) is 3.70. The SMILES string of the molecule is C#CC1(NC[C@@H](O)[C@H](COc2cc(F)cc(F)c2)NC(=O)c2cc(NC[C@H]3C[C@@H]3C)nc(N(C)S(C)(=O)=O)c2)CCCCC1. The fourth-order valence-corrected chi connectivity index (χ4v) is 5.69. The maximum Gasteiger partial charge on any atom is 0.251 e. The first kappa shape index (κ1) is 33.4. The van der Waals surface area contributed by atoms with E-state index >= 15 is 0 Å². The molecule has 2 fully saturated rings. The number of aliphatic hydroxyl groups is 1. The van der Waals surface area contributed by atoms with Crippen LogP contribution in [-0.4, -0.2) is 75.1 Å². The van der Waals surface area contributed by atoms with Crippen LogP contribution in [0.2, 0.25) is 0 Å². The number of aliphatic hydroxyl groups excluding tert-OH is 1. The molecule has 13 heteroatoms. The fourth-order valence-electron chi connectivity index (χ4n) is 5.26. The monoisotopic (exact) mass is 633 g/mol. The van der Waals surface area contributed by atoms with E-state index in [4.69, 9.17) is 11.2 Å². The van der Waals surface area contributed by atoms with Gasteiger partial charge in [-0.3, -0.25) is 14.4 Å². The van der Waals surface area contributed by atoms with Crippen LogP contribution in [0.15, 0.2) is 30.3 Å². The second kappa shape index (κ2) is 14.1. The predicted molar refractivity (Wildman–Crippen MR) is 165 cm³/mol. The van der Waals surface area contributed by atoms with Gasteiger partial charge in [-0.15, -0.1) is 6.42 Å². The Kier molecular flexibility index (Phi) is 10.7. The highest BCUT2D eigenvalue weighted by Gasteiger charge is 2.33. The molecule has 1 heterocycles. The second-order valence-electron chi connectivity index (χ2n) is 11.9. The molecule has 0 saturated heterocycles. The van der Waals surface area contributed by atoms with Crippen molar-refractivity contribution in [2.75, 3.05) is 42.6 Å². The number of carbonyl (C=O) groups is 1. The molecule has 2 aliphatic rings. The van der Waals surface area contributed by atoms with Crippen molar-refractivity contribution in [3.05, 3.63) is 47.5 Å². The molecule has 10 nitrogen and oxygen atoms in total. The topological polar surface area (TPSA) is 133 Å². The molecule has 0 aliphatic heterocycles. The summed E-state index contributed by atoms with van der Waals surface area (Å²) in [6, 6.07) is 4.49. The van der Waals surface area contributed by atoms with Gasteiger partial charge in [0.1, 0.15) is 35.6 Å². The zero-order chi connectivity index (χ0) is 32.1. The van der Waals surface area contributed by atoms with Crippen LogP contribution < -0.4 is 25.0 Å². The lowest BCUT2D eigenvalue weighted by Crippen LogP contribution is -2.55. The third-order valence-corrected chi connectivity index (χ3v) is 9.58. The largest absolute Gasteiger partial charge is 0.491 e.